The van der Waals surface area contributed by atoms with Crippen LogP contribution in [-0.2, 0) is 6.42 Å². The molecule has 0 radical (unpaired) electrons. The van der Waals surface area contributed by atoms with Crippen LogP contribution in [-0.4, -0.2) is 20.6 Å². The Morgan fingerprint density at radius 3 is 3.12 bits per heavy atom. The second kappa shape index (κ2) is 4.36. The van der Waals surface area contributed by atoms with Crippen LogP contribution in [0, 0.1) is 0 Å². The first kappa shape index (κ1) is 10.7. The Morgan fingerprint density at radius 2 is 2.50 bits per heavy atom. The van der Waals surface area contributed by atoms with Crippen molar-refractivity contribution in [3.8, 4) is 5.13 Å². The Kier molecular flexibility index (Phi) is 2.91. The fraction of sp³-hybridized carbons (Fsp3) is 0.200. The number of rotatable bonds is 3. The smallest absolute Gasteiger partial charge is 0.194 e. The van der Waals surface area contributed by atoms with E-state index in [0.717, 1.165) is 17.2 Å². The van der Waals surface area contributed by atoms with Gasteiger partial charge in [0.25, 0.3) is 0 Å². The van der Waals surface area contributed by atoms with Crippen LogP contribution in [0.15, 0.2) is 28.9 Å². The lowest BCUT2D eigenvalue weighted by molar-refractivity contribution is 0.318. The van der Waals surface area contributed by atoms with Gasteiger partial charge >= 0.3 is 0 Å². The summed E-state index contributed by atoms with van der Waals surface area (Å²) in [5.74, 6) is 0.0817. The molecular formula is C10H12N4OS. The van der Waals surface area contributed by atoms with Gasteiger partial charge in [0, 0.05) is 11.6 Å². The molecule has 0 bridgehead atoms. The molecule has 0 saturated carbocycles. The van der Waals surface area contributed by atoms with Gasteiger partial charge in [-0.1, -0.05) is 12.1 Å². The molecule has 0 unspecified atom stereocenters. The molecule has 16 heavy (non-hydrogen) atoms. The quantitative estimate of drug-likeness (QED) is 0.368. The molecule has 6 heteroatoms. The fourth-order valence-electron chi connectivity index (χ4n) is 1.38. The zero-order valence-electron chi connectivity index (χ0n) is 8.79. The number of thiazole rings is 1. The van der Waals surface area contributed by atoms with Gasteiger partial charge in [0.05, 0.1) is 11.4 Å². The van der Waals surface area contributed by atoms with Crippen LogP contribution >= 0.6 is 11.3 Å². The van der Waals surface area contributed by atoms with Crippen molar-refractivity contribution in [2.24, 2.45) is 10.9 Å². The molecule has 2 aromatic heterocycles. The maximum Gasteiger partial charge on any atom is 0.194 e. The molecule has 5 nitrogen and oxygen atoms in total. The Labute approximate surface area is 96.8 Å². The molecule has 0 saturated heterocycles. The van der Waals surface area contributed by atoms with E-state index in [-0.39, 0.29) is 5.84 Å². The Morgan fingerprint density at radius 1 is 1.69 bits per heavy atom. The van der Waals surface area contributed by atoms with E-state index in [2.05, 4.69) is 17.1 Å². The summed E-state index contributed by atoms with van der Waals surface area (Å²) >= 11 is 1.53. The van der Waals surface area contributed by atoms with Gasteiger partial charge in [0.15, 0.2) is 11.0 Å². The van der Waals surface area contributed by atoms with E-state index < -0.39 is 0 Å². The molecule has 0 aliphatic rings. The fourth-order valence-corrected chi connectivity index (χ4v) is 2.28. The number of nitrogens with two attached hydrogens (primary N) is 1. The van der Waals surface area contributed by atoms with Crippen LogP contribution in [0.2, 0.25) is 0 Å². The van der Waals surface area contributed by atoms with E-state index >= 15 is 0 Å². The zero-order valence-corrected chi connectivity index (χ0v) is 9.61. The monoisotopic (exact) mass is 236 g/mol. The lowest BCUT2D eigenvalue weighted by atomic mass is 10.4. The minimum atomic E-state index is 0.0817. The highest BCUT2D eigenvalue weighted by Crippen LogP contribution is 2.18. The molecule has 0 aliphatic heterocycles. The summed E-state index contributed by atoms with van der Waals surface area (Å²) in [5, 5.41) is 14.5. The second-order valence-corrected chi connectivity index (χ2v) is 4.06. The number of aryl methyl sites for hydroxylation is 1. The number of oxime groups is 1. The van der Waals surface area contributed by atoms with Gasteiger partial charge in [-0.05, 0) is 18.6 Å². The van der Waals surface area contributed by atoms with E-state index in [4.69, 9.17) is 10.9 Å². The zero-order chi connectivity index (χ0) is 11.5. The summed E-state index contributed by atoms with van der Waals surface area (Å²) in [5.41, 5.74) is 7.25. The first-order valence-corrected chi connectivity index (χ1v) is 5.74. The van der Waals surface area contributed by atoms with Gasteiger partial charge < -0.3 is 10.9 Å². The second-order valence-electron chi connectivity index (χ2n) is 3.22. The first-order valence-electron chi connectivity index (χ1n) is 4.86. The van der Waals surface area contributed by atoms with Crippen LogP contribution in [0.5, 0.6) is 0 Å². The highest BCUT2D eigenvalue weighted by molar-refractivity contribution is 7.12. The van der Waals surface area contributed by atoms with Crippen molar-refractivity contribution in [1.82, 2.24) is 9.55 Å². The van der Waals surface area contributed by atoms with Gasteiger partial charge in [-0.2, -0.15) is 0 Å². The molecule has 84 valence electrons. The molecule has 2 aromatic rings. The van der Waals surface area contributed by atoms with Crippen LogP contribution < -0.4 is 5.73 Å². The van der Waals surface area contributed by atoms with Crippen molar-refractivity contribution in [2.75, 3.05) is 0 Å². The number of amidine groups is 1. The lowest BCUT2D eigenvalue weighted by Gasteiger charge is -2.03. The third kappa shape index (κ3) is 1.79. The molecule has 3 N–H and O–H groups in total. The normalized spacial score (nSPS) is 11.9. The van der Waals surface area contributed by atoms with Gasteiger partial charge in [-0.15, -0.1) is 11.3 Å². The van der Waals surface area contributed by atoms with Gasteiger partial charge in [-0.3, -0.25) is 4.57 Å². The van der Waals surface area contributed by atoms with Gasteiger partial charge in [-0.25, -0.2) is 4.98 Å². The highest BCUT2D eigenvalue weighted by atomic mass is 32.1. The predicted molar refractivity (Wildman–Crippen MR) is 63.3 cm³/mol. The van der Waals surface area contributed by atoms with Crippen LogP contribution in [0.25, 0.3) is 5.13 Å². The maximum absolute atomic E-state index is 8.66. The molecule has 0 amide bonds. The summed E-state index contributed by atoms with van der Waals surface area (Å²) in [4.78, 5) is 4.44. The Balaban J connectivity index is 2.44. The molecule has 2 rings (SSSR count). The Hall–Kier alpha value is -1.82. The average Bonchev–Trinajstić information content (AvgIpc) is 2.95. The van der Waals surface area contributed by atoms with E-state index in [1.807, 2.05) is 17.6 Å². The summed E-state index contributed by atoms with van der Waals surface area (Å²) in [6.07, 6.45) is 2.74. The molecule has 0 atom stereocenters. The molecule has 0 aromatic carbocycles. The van der Waals surface area contributed by atoms with Crippen LogP contribution in [0.1, 0.15) is 18.3 Å². The van der Waals surface area contributed by atoms with Crippen LogP contribution in [0.3, 0.4) is 0 Å². The largest absolute Gasteiger partial charge is 0.409 e. The predicted octanol–water partition coefficient (Wildman–Crippen LogP) is 1.59. The van der Waals surface area contributed by atoms with Crippen LogP contribution in [0.4, 0.5) is 0 Å². The Bertz CT molecular complexity index is 514. The first-order chi connectivity index (χ1) is 7.76. The highest BCUT2D eigenvalue weighted by Gasteiger charge is 2.10. The van der Waals surface area contributed by atoms with Crippen molar-refractivity contribution in [2.45, 2.75) is 13.3 Å². The third-order valence-electron chi connectivity index (χ3n) is 2.23. The van der Waals surface area contributed by atoms with E-state index in [1.54, 1.807) is 10.6 Å². The summed E-state index contributed by atoms with van der Waals surface area (Å²) in [7, 11) is 0. The minimum Gasteiger partial charge on any atom is -0.409 e. The average molecular weight is 236 g/mol. The van der Waals surface area contributed by atoms with E-state index in [1.165, 1.54) is 11.3 Å². The molecule has 0 fully saturated rings. The van der Waals surface area contributed by atoms with Gasteiger partial charge in [0.1, 0.15) is 0 Å². The molecule has 0 spiro atoms. The minimum absolute atomic E-state index is 0.0817. The van der Waals surface area contributed by atoms with E-state index in [0.29, 0.717) is 5.69 Å². The molecular weight excluding hydrogens is 224 g/mol. The van der Waals surface area contributed by atoms with Crippen molar-refractivity contribution >= 4 is 17.2 Å². The topological polar surface area (TPSA) is 76.4 Å². The van der Waals surface area contributed by atoms with E-state index in [9.17, 15) is 0 Å². The lowest BCUT2D eigenvalue weighted by Crippen LogP contribution is -2.17. The van der Waals surface area contributed by atoms with Crippen molar-refractivity contribution in [3.05, 3.63) is 35.1 Å². The summed E-state index contributed by atoms with van der Waals surface area (Å²) < 4.78 is 1.80. The maximum atomic E-state index is 8.66. The SMILES string of the molecule is CCc1csc(-n2cccc2/C(N)=N/O)n1. The van der Waals surface area contributed by atoms with Crippen molar-refractivity contribution in [1.29, 1.82) is 0 Å². The van der Waals surface area contributed by atoms with Crippen molar-refractivity contribution < 1.29 is 5.21 Å². The standard InChI is InChI=1S/C10H12N4OS/c1-2-7-6-16-10(12-7)14-5-3-4-8(14)9(11)13-15/h3-6,15H,2H2,1H3,(H2,11,13). The third-order valence-corrected chi connectivity index (χ3v) is 3.12. The summed E-state index contributed by atoms with van der Waals surface area (Å²) in [6, 6.07) is 3.61. The number of hydrogen-bond donors (Lipinski definition) is 2. The molecule has 0 aliphatic carbocycles. The number of nitrogens with zero attached hydrogens (tertiary/aromatic N) is 3. The number of hydrogen-bond acceptors (Lipinski definition) is 4. The number of aromatic nitrogens is 2. The summed E-state index contributed by atoms with van der Waals surface area (Å²) in [6.45, 7) is 2.05. The van der Waals surface area contributed by atoms with Gasteiger partial charge in [0.2, 0.25) is 0 Å². The van der Waals surface area contributed by atoms with Crippen molar-refractivity contribution in [3.63, 3.8) is 0 Å². The molecule has 2 heterocycles.